The maximum Gasteiger partial charge on any atom is 0.326 e. The first-order chi connectivity index (χ1) is 11.3. The number of carbonyl (C=O) groups excluding carboxylic acids is 3. The molecule has 0 unspecified atom stereocenters. The fourth-order valence-electron chi connectivity index (χ4n) is 1.91. The molecule has 0 N–H and O–H groups in total. The van der Waals surface area contributed by atoms with Gasteiger partial charge >= 0.3 is 5.97 Å². The number of thioether (sulfide) groups is 1. The van der Waals surface area contributed by atoms with Gasteiger partial charge in [-0.3, -0.25) is 29.4 Å². The Balaban J connectivity index is 2.28. The van der Waals surface area contributed by atoms with Gasteiger partial charge in [-0.1, -0.05) is 12.1 Å². The molecule has 1 heterocycles. The number of nitro benzene ring substituents is 1. The highest BCUT2D eigenvalue weighted by molar-refractivity contribution is 8.18. The van der Waals surface area contributed by atoms with Gasteiger partial charge in [0.1, 0.15) is 6.54 Å². The minimum absolute atomic E-state index is 0.0918. The molecule has 1 aromatic carbocycles. The van der Waals surface area contributed by atoms with Crippen LogP contribution >= 0.6 is 11.8 Å². The molecular weight excluding hydrogens is 340 g/mol. The number of hydrogen-bond acceptors (Lipinski definition) is 8. The number of para-hydroxylation sites is 1. The number of carbonyl (C=O) groups is 3. The van der Waals surface area contributed by atoms with Gasteiger partial charge in [-0.05, 0) is 36.1 Å². The minimum Gasteiger partial charge on any atom is -0.867 e. The molecule has 1 aliphatic rings. The first-order valence-electron chi connectivity index (χ1n) is 6.70. The van der Waals surface area contributed by atoms with Gasteiger partial charge in [0.2, 0.25) is 0 Å². The smallest absolute Gasteiger partial charge is 0.326 e. The van der Waals surface area contributed by atoms with Gasteiger partial charge in [0.15, 0.2) is 0 Å². The number of hydrogen-bond donors (Lipinski definition) is 0. The molecular formula is C14H11N2O7S-. The van der Waals surface area contributed by atoms with E-state index < -0.39 is 40.0 Å². The van der Waals surface area contributed by atoms with Crippen molar-refractivity contribution in [3.05, 3.63) is 38.8 Å². The first kappa shape index (κ1) is 17.5. The molecule has 0 atom stereocenters. The predicted octanol–water partition coefficient (Wildman–Crippen LogP) is 1.27. The molecule has 1 saturated heterocycles. The Morgan fingerprint density at radius 1 is 1.42 bits per heavy atom. The van der Waals surface area contributed by atoms with Crippen LogP contribution < -0.4 is 5.11 Å². The van der Waals surface area contributed by atoms with Crippen LogP contribution in [0.25, 0.3) is 6.08 Å². The molecule has 0 radical (unpaired) electrons. The summed E-state index contributed by atoms with van der Waals surface area (Å²) in [5.74, 6) is -2.36. The lowest BCUT2D eigenvalue weighted by Crippen LogP contribution is -2.34. The molecule has 126 valence electrons. The summed E-state index contributed by atoms with van der Waals surface area (Å²) in [5, 5.41) is 22.0. The predicted molar refractivity (Wildman–Crippen MR) is 81.9 cm³/mol. The molecule has 9 nitrogen and oxygen atoms in total. The van der Waals surface area contributed by atoms with E-state index in [1.54, 1.807) is 6.92 Å². The Bertz CT molecular complexity index is 759. The van der Waals surface area contributed by atoms with Crippen molar-refractivity contribution in [2.45, 2.75) is 6.92 Å². The SMILES string of the molecule is CCOC(=O)CN1C(=O)S/C(=C/c2cccc([N+](=O)[O-])c2[O-])C1=O. The minimum atomic E-state index is -0.861. The third-order valence-electron chi connectivity index (χ3n) is 2.97. The van der Waals surface area contributed by atoms with E-state index in [0.717, 1.165) is 12.1 Å². The van der Waals surface area contributed by atoms with Crippen molar-refractivity contribution >= 4 is 40.6 Å². The lowest BCUT2D eigenvalue weighted by atomic mass is 10.1. The highest BCUT2D eigenvalue weighted by Gasteiger charge is 2.36. The van der Waals surface area contributed by atoms with Gasteiger partial charge in [-0.15, -0.1) is 0 Å². The molecule has 1 aromatic rings. The van der Waals surface area contributed by atoms with Crippen LogP contribution in [-0.2, 0) is 14.3 Å². The van der Waals surface area contributed by atoms with E-state index in [0.29, 0.717) is 16.7 Å². The lowest BCUT2D eigenvalue weighted by molar-refractivity contribution is -0.398. The average molecular weight is 351 g/mol. The number of amides is 2. The lowest BCUT2D eigenvalue weighted by Gasteiger charge is -2.11. The summed E-state index contributed by atoms with van der Waals surface area (Å²) in [6, 6.07) is 3.65. The summed E-state index contributed by atoms with van der Waals surface area (Å²) < 4.78 is 4.68. The third kappa shape index (κ3) is 3.54. The average Bonchev–Trinajstić information content (AvgIpc) is 2.77. The van der Waals surface area contributed by atoms with Crippen LogP contribution in [0.3, 0.4) is 0 Å². The zero-order chi connectivity index (χ0) is 17.9. The molecule has 0 aromatic heterocycles. The monoisotopic (exact) mass is 351 g/mol. The topological polar surface area (TPSA) is 130 Å². The zero-order valence-corrected chi connectivity index (χ0v) is 13.2. The molecule has 0 aliphatic carbocycles. The van der Waals surface area contributed by atoms with Crippen molar-refractivity contribution < 1.29 is 29.2 Å². The van der Waals surface area contributed by atoms with Crippen LogP contribution in [0.2, 0.25) is 0 Å². The Morgan fingerprint density at radius 2 is 2.12 bits per heavy atom. The second-order valence-corrected chi connectivity index (χ2v) is 5.52. The van der Waals surface area contributed by atoms with Gasteiger partial charge in [-0.25, -0.2) is 0 Å². The molecule has 1 fully saturated rings. The summed E-state index contributed by atoms with van der Waals surface area (Å²) in [5.41, 5.74) is -0.722. The molecule has 10 heteroatoms. The van der Waals surface area contributed by atoms with Gasteiger partial charge in [0.05, 0.1) is 16.4 Å². The number of esters is 1. The third-order valence-corrected chi connectivity index (χ3v) is 3.88. The zero-order valence-electron chi connectivity index (χ0n) is 12.4. The highest BCUT2D eigenvalue weighted by Crippen LogP contribution is 2.35. The van der Waals surface area contributed by atoms with Crippen LogP contribution in [-0.4, -0.2) is 40.1 Å². The number of ether oxygens (including phenoxy) is 1. The summed E-state index contributed by atoms with van der Waals surface area (Å²) in [4.78, 5) is 45.9. The molecule has 0 saturated carbocycles. The number of rotatable bonds is 5. The molecule has 0 spiro atoms. The number of benzene rings is 1. The summed E-state index contributed by atoms with van der Waals surface area (Å²) in [6.45, 7) is 1.16. The van der Waals surface area contributed by atoms with E-state index in [4.69, 9.17) is 0 Å². The Morgan fingerprint density at radius 3 is 2.75 bits per heavy atom. The molecule has 2 amide bonds. The molecule has 24 heavy (non-hydrogen) atoms. The van der Waals surface area contributed by atoms with E-state index in [1.165, 1.54) is 12.1 Å². The van der Waals surface area contributed by atoms with Crippen LogP contribution in [0.4, 0.5) is 10.5 Å². The first-order valence-corrected chi connectivity index (χ1v) is 7.52. The van der Waals surface area contributed by atoms with Crippen molar-refractivity contribution in [3.8, 4) is 5.75 Å². The van der Waals surface area contributed by atoms with Gasteiger partial charge in [0.25, 0.3) is 16.8 Å². The Hall–Kier alpha value is -2.88. The fourth-order valence-corrected chi connectivity index (χ4v) is 2.74. The largest absolute Gasteiger partial charge is 0.867 e. The van der Waals surface area contributed by atoms with Crippen molar-refractivity contribution in [2.75, 3.05) is 13.2 Å². The Labute approximate surface area is 140 Å². The maximum absolute atomic E-state index is 12.2. The van der Waals surface area contributed by atoms with E-state index >= 15 is 0 Å². The van der Waals surface area contributed by atoms with Gasteiger partial charge < -0.3 is 9.84 Å². The number of nitrogens with zero attached hydrogens (tertiary/aromatic N) is 2. The molecule has 1 aliphatic heterocycles. The normalized spacial score (nSPS) is 15.9. The maximum atomic E-state index is 12.2. The fraction of sp³-hybridized carbons (Fsp3) is 0.214. The van der Waals surface area contributed by atoms with E-state index in [-0.39, 0.29) is 17.1 Å². The highest BCUT2D eigenvalue weighted by atomic mass is 32.2. The van der Waals surface area contributed by atoms with Crippen molar-refractivity contribution in [3.63, 3.8) is 0 Å². The van der Waals surface area contributed by atoms with Crippen LogP contribution in [0, 0.1) is 10.1 Å². The summed E-state index contributed by atoms with van der Waals surface area (Å²) >= 11 is 0.542. The second kappa shape index (κ2) is 7.13. The van der Waals surface area contributed by atoms with E-state index in [1.807, 2.05) is 0 Å². The Kier molecular flexibility index (Phi) is 5.19. The van der Waals surface area contributed by atoms with Crippen LogP contribution in [0.15, 0.2) is 23.1 Å². The van der Waals surface area contributed by atoms with E-state index in [2.05, 4.69) is 4.74 Å². The van der Waals surface area contributed by atoms with Crippen molar-refractivity contribution in [1.82, 2.24) is 4.90 Å². The standard InChI is InChI=1S/C14H12N2O7S/c1-2-23-11(17)7-15-13(19)10(24-14(15)20)6-8-4-3-5-9(12(8)18)16(21)22/h3-6,18H,2,7H2,1H3/p-1/b10-6+. The van der Waals surface area contributed by atoms with Gasteiger partial charge in [-0.2, -0.15) is 0 Å². The number of imide groups is 1. The number of nitro groups is 1. The second-order valence-electron chi connectivity index (χ2n) is 4.53. The van der Waals surface area contributed by atoms with Gasteiger partial charge in [0, 0.05) is 6.07 Å². The molecule has 2 rings (SSSR count). The quantitative estimate of drug-likeness (QED) is 0.335. The van der Waals surface area contributed by atoms with Crippen LogP contribution in [0.5, 0.6) is 5.75 Å². The van der Waals surface area contributed by atoms with Crippen LogP contribution in [0.1, 0.15) is 12.5 Å². The van der Waals surface area contributed by atoms with Crippen molar-refractivity contribution in [2.24, 2.45) is 0 Å². The molecule has 0 bridgehead atoms. The summed E-state index contributed by atoms with van der Waals surface area (Å²) in [7, 11) is 0. The van der Waals surface area contributed by atoms with E-state index in [9.17, 15) is 29.6 Å². The summed E-state index contributed by atoms with van der Waals surface area (Å²) in [6.07, 6.45) is 1.10. The van der Waals surface area contributed by atoms with Crippen molar-refractivity contribution in [1.29, 1.82) is 0 Å².